The van der Waals surface area contributed by atoms with Gasteiger partial charge in [-0.2, -0.15) is 4.98 Å². The number of aromatic amines is 1. The van der Waals surface area contributed by atoms with E-state index in [2.05, 4.69) is 15.1 Å². The van der Waals surface area contributed by atoms with Gasteiger partial charge in [-0.25, -0.2) is 0 Å². The van der Waals surface area contributed by atoms with Crippen LogP contribution in [0.2, 0.25) is 0 Å². The van der Waals surface area contributed by atoms with Gasteiger partial charge in [-0.05, 0) is 25.1 Å². The summed E-state index contributed by atoms with van der Waals surface area (Å²) in [5.41, 5.74) is 1.37. The standard InChI is InChI=1S/C17H18N4O4/c1-2-24-12-4-3-11-7-14(19-13(11)8-12)17(22)21-5-6-23-9-15(21)16-18-10-25-20-16/h3-4,7-8,10,15,19H,2,5-6,9H2,1H3/t15-/m0/s1. The van der Waals surface area contributed by atoms with E-state index in [1.807, 2.05) is 31.2 Å². The van der Waals surface area contributed by atoms with Gasteiger partial charge in [0.05, 0.1) is 19.8 Å². The van der Waals surface area contributed by atoms with Gasteiger partial charge in [0.1, 0.15) is 17.5 Å². The van der Waals surface area contributed by atoms with E-state index in [9.17, 15) is 4.79 Å². The van der Waals surface area contributed by atoms with Crippen LogP contribution in [0.3, 0.4) is 0 Å². The molecular formula is C17H18N4O4. The van der Waals surface area contributed by atoms with Crippen LogP contribution in [-0.2, 0) is 4.74 Å². The highest BCUT2D eigenvalue weighted by Gasteiger charge is 2.32. The summed E-state index contributed by atoms with van der Waals surface area (Å²) < 4.78 is 15.8. The molecule has 4 rings (SSSR count). The molecule has 0 saturated carbocycles. The van der Waals surface area contributed by atoms with Crippen molar-refractivity contribution in [1.29, 1.82) is 0 Å². The maximum Gasteiger partial charge on any atom is 0.271 e. The highest BCUT2D eigenvalue weighted by Crippen LogP contribution is 2.26. The summed E-state index contributed by atoms with van der Waals surface area (Å²) in [4.78, 5) is 22.0. The Bertz CT molecular complexity index is 874. The first kappa shape index (κ1) is 15.6. The normalized spacial score (nSPS) is 17.8. The summed E-state index contributed by atoms with van der Waals surface area (Å²) in [5, 5.41) is 4.81. The topological polar surface area (TPSA) is 93.5 Å². The predicted molar refractivity (Wildman–Crippen MR) is 88.4 cm³/mol. The Hall–Kier alpha value is -2.87. The molecule has 0 aliphatic carbocycles. The first-order valence-electron chi connectivity index (χ1n) is 8.17. The number of aromatic nitrogens is 3. The molecule has 1 saturated heterocycles. The molecule has 2 aromatic heterocycles. The number of benzene rings is 1. The van der Waals surface area contributed by atoms with Gasteiger partial charge in [-0.15, -0.1) is 0 Å². The van der Waals surface area contributed by atoms with Crippen molar-refractivity contribution in [2.45, 2.75) is 13.0 Å². The molecule has 0 bridgehead atoms. The summed E-state index contributed by atoms with van der Waals surface area (Å²) in [5.74, 6) is 1.10. The molecule has 0 spiro atoms. The van der Waals surface area contributed by atoms with Crippen LogP contribution in [0.4, 0.5) is 0 Å². The lowest BCUT2D eigenvalue weighted by atomic mass is 10.2. The van der Waals surface area contributed by atoms with Crippen LogP contribution in [0.25, 0.3) is 10.9 Å². The largest absolute Gasteiger partial charge is 0.494 e. The van der Waals surface area contributed by atoms with E-state index >= 15 is 0 Å². The molecule has 8 nitrogen and oxygen atoms in total. The summed E-state index contributed by atoms with van der Waals surface area (Å²) in [6.45, 7) is 3.83. The number of nitrogens with zero attached hydrogens (tertiary/aromatic N) is 3. The van der Waals surface area contributed by atoms with Crippen LogP contribution in [0.5, 0.6) is 5.75 Å². The number of hydrogen-bond acceptors (Lipinski definition) is 6. The minimum Gasteiger partial charge on any atom is -0.494 e. The van der Waals surface area contributed by atoms with Crippen molar-refractivity contribution in [3.05, 3.63) is 42.2 Å². The van der Waals surface area contributed by atoms with Crippen molar-refractivity contribution in [2.75, 3.05) is 26.4 Å². The SMILES string of the molecule is CCOc1ccc2cc(C(=O)N3CCOC[C@H]3c3ncon3)[nH]c2c1. The summed E-state index contributed by atoms with van der Waals surface area (Å²) in [6.07, 6.45) is 1.25. The van der Waals surface area contributed by atoms with Gasteiger partial charge in [-0.3, -0.25) is 4.79 Å². The number of H-pyrrole nitrogens is 1. The van der Waals surface area contributed by atoms with Crippen molar-refractivity contribution >= 4 is 16.8 Å². The molecule has 25 heavy (non-hydrogen) atoms. The Kier molecular flexibility index (Phi) is 4.10. The highest BCUT2D eigenvalue weighted by molar-refractivity contribution is 5.98. The minimum atomic E-state index is -0.356. The van der Waals surface area contributed by atoms with Crippen molar-refractivity contribution in [1.82, 2.24) is 20.0 Å². The van der Waals surface area contributed by atoms with Gasteiger partial charge in [0.2, 0.25) is 6.39 Å². The number of amides is 1. The summed E-state index contributed by atoms with van der Waals surface area (Å²) in [7, 11) is 0. The molecule has 1 N–H and O–H groups in total. The number of carbonyl (C=O) groups excluding carboxylic acids is 1. The van der Waals surface area contributed by atoms with E-state index in [4.69, 9.17) is 14.0 Å². The molecule has 0 unspecified atom stereocenters. The van der Waals surface area contributed by atoms with Crippen LogP contribution in [0.1, 0.15) is 29.3 Å². The lowest BCUT2D eigenvalue weighted by molar-refractivity contribution is -0.00602. The number of fused-ring (bicyclic) bond motifs is 1. The smallest absolute Gasteiger partial charge is 0.271 e. The molecule has 1 aliphatic heterocycles. The van der Waals surface area contributed by atoms with Crippen molar-refractivity contribution < 1.29 is 18.8 Å². The van der Waals surface area contributed by atoms with Gasteiger partial charge < -0.3 is 23.9 Å². The average Bonchev–Trinajstić information content (AvgIpc) is 3.31. The van der Waals surface area contributed by atoms with Gasteiger partial charge in [-0.1, -0.05) is 5.16 Å². The Morgan fingerprint density at radius 1 is 1.44 bits per heavy atom. The van der Waals surface area contributed by atoms with Crippen molar-refractivity contribution in [2.24, 2.45) is 0 Å². The third-order valence-electron chi connectivity index (χ3n) is 4.20. The molecule has 1 atom stereocenters. The number of morpholine rings is 1. The monoisotopic (exact) mass is 342 g/mol. The van der Waals surface area contributed by atoms with Crippen LogP contribution in [0, 0.1) is 0 Å². The average molecular weight is 342 g/mol. The van der Waals surface area contributed by atoms with Gasteiger partial charge in [0.25, 0.3) is 5.91 Å². The Labute approximate surface area is 143 Å². The Morgan fingerprint density at radius 3 is 3.16 bits per heavy atom. The van der Waals surface area contributed by atoms with Crippen LogP contribution in [-0.4, -0.2) is 52.3 Å². The fraction of sp³-hybridized carbons (Fsp3) is 0.353. The van der Waals surface area contributed by atoms with Gasteiger partial charge in [0, 0.05) is 23.5 Å². The second-order valence-electron chi connectivity index (χ2n) is 5.74. The molecule has 8 heteroatoms. The summed E-state index contributed by atoms with van der Waals surface area (Å²) >= 11 is 0. The van der Waals surface area contributed by atoms with Gasteiger partial charge >= 0.3 is 0 Å². The zero-order valence-electron chi connectivity index (χ0n) is 13.8. The minimum absolute atomic E-state index is 0.118. The molecule has 3 aromatic rings. The molecule has 1 fully saturated rings. The predicted octanol–water partition coefficient (Wildman–Crippen LogP) is 2.16. The zero-order valence-corrected chi connectivity index (χ0v) is 13.8. The van der Waals surface area contributed by atoms with Gasteiger partial charge in [0.15, 0.2) is 5.82 Å². The van der Waals surface area contributed by atoms with Crippen LogP contribution >= 0.6 is 0 Å². The number of ether oxygens (including phenoxy) is 2. The van der Waals surface area contributed by atoms with E-state index in [-0.39, 0.29) is 11.9 Å². The molecule has 3 heterocycles. The summed E-state index contributed by atoms with van der Waals surface area (Å²) in [6, 6.07) is 7.21. The van der Waals surface area contributed by atoms with Crippen LogP contribution in [0.15, 0.2) is 35.2 Å². The van der Waals surface area contributed by atoms with E-state index in [1.165, 1.54) is 6.39 Å². The number of carbonyl (C=O) groups is 1. The quantitative estimate of drug-likeness (QED) is 0.781. The molecule has 0 radical (unpaired) electrons. The molecular weight excluding hydrogens is 324 g/mol. The fourth-order valence-electron chi connectivity index (χ4n) is 3.02. The molecule has 1 aliphatic rings. The third kappa shape index (κ3) is 2.96. The molecule has 130 valence electrons. The van der Waals surface area contributed by atoms with E-state index < -0.39 is 0 Å². The first-order chi connectivity index (χ1) is 12.3. The van der Waals surface area contributed by atoms with Crippen LogP contribution < -0.4 is 4.74 Å². The van der Waals surface area contributed by atoms with E-state index in [1.54, 1.807) is 4.90 Å². The lowest BCUT2D eigenvalue weighted by Crippen LogP contribution is -2.44. The number of nitrogens with one attached hydrogen (secondary N) is 1. The molecule has 1 aromatic carbocycles. The maximum absolute atomic E-state index is 13.0. The third-order valence-corrected chi connectivity index (χ3v) is 4.20. The second-order valence-corrected chi connectivity index (χ2v) is 5.74. The van der Waals surface area contributed by atoms with E-state index in [0.29, 0.717) is 37.9 Å². The maximum atomic E-state index is 13.0. The fourth-order valence-corrected chi connectivity index (χ4v) is 3.02. The Balaban J connectivity index is 1.63. The lowest BCUT2D eigenvalue weighted by Gasteiger charge is -2.33. The number of hydrogen-bond donors (Lipinski definition) is 1. The van der Waals surface area contributed by atoms with Crippen molar-refractivity contribution in [3.8, 4) is 5.75 Å². The Morgan fingerprint density at radius 2 is 2.36 bits per heavy atom. The zero-order chi connectivity index (χ0) is 17.2. The first-order valence-corrected chi connectivity index (χ1v) is 8.17. The molecule has 1 amide bonds. The van der Waals surface area contributed by atoms with Crippen molar-refractivity contribution in [3.63, 3.8) is 0 Å². The van der Waals surface area contributed by atoms with E-state index in [0.717, 1.165) is 16.7 Å². The number of rotatable bonds is 4. The highest BCUT2D eigenvalue weighted by atomic mass is 16.5. The second kappa shape index (κ2) is 6.56.